The second-order valence-corrected chi connectivity index (χ2v) is 5.54. The van der Waals surface area contributed by atoms with E-state index in [1.165, 1.54) is 0 Å². The predicted molar refractivity (Wildman–Crippen MR) is 79.7 cm³/mol. The molecule has 1 aromatic heterocycles. The summed E-state index contributed by atoms with van der Waals surface area (Å²) in [7, 11) is 0. The van der Waals surface area contributed by atoms with Gasteiger partial charge in [-0.2, -0.15) is 4.98 Å². The number of aryl methyl sites for hydroxylation is 1. The highest BCUT2D eigenvalue weighted by Gasteiger charge is 2.09. The Morgan fingerprint density at radius 1 is 1.26 bits per heavy atom. The molecule has 98 valence electrons. The molecule has 0 bridgehead atoms. The van der Waals surface area contributed by atoms with Crippen LogP contribution in [0.4, 0.5) is 0 Å². The first-order valence-corrected chi connectivity index (χ1v) is 6.87. The van der Waals surface area contributed by atoms with Gasteiger partial charge in [0.2, 0.25) is 0 Å². The lowest BCUT2D eigenvalue weighted by molar-refractivity contribution is 0.437. The van der Waals surface area contributed by atoms with Gasteiger partial charge >= 0.3 is 6.01 Å². The zero-order valence-electron chi connectivity index (χ0n) is 9.95. The van der Waals surface area contributed by atoms with Crippen molar-refractivity contribution in [2.75, 3.05) is 0 Å². The van der Waals surface area contributed by atoms with Gasteiger partial charge in [0, 0.05) is 10.2 Å². The van der Waals surface area contributed by atoms with Crippen molar-refractivity contribution in [2.24, 2.45) is 5.73 Å². The monoisotopic (exact) mass is 384 g/mol. The largest absolute Gasteiger partial charge is 0.423 e. The molecule has 2 rings (SSSR count). The summed E-state index contributed by atoms with van der Waals surface area (Å²) in [5, 5.41) is 7.40. The van der Waals surface area contributed by atoms with E-state index in [-0.39, 0.29) is 11.8 Å². The number of hydrogen-bond donors (Lipinski definition) is 2. The number of benzene rings is 1. The number of nitrogens with two attached hydrogens (primary N) is 1. The van der Waals surface area contributed by atoms with Crippen LogP contribution in [0.1, 0.15) is 11.4 Å². The standard InChI is InChI=1S/C12H10Br2N4O/c1-6-4-9(11(15)16)18-12(17-6)19-10-3-2-7(13)5-8(10)14/h2-5H,1H3,(H3,15,16). The van der Waals surface area contributed by atoms with Crippen LogP contribution in [0.5, 0.6) is 11.8 Å². The van der Waals surface area contributed by atoms with Gasteiger partial charge in [-0.3, -0.25) is 5.41 Å². The highest BCUT2D eigenvalue weighted by Crippen LogP contribution is 2.30. The summed E-state index contributed by atoms with van der Waals surface area (Å²) >= 11 is 6.76. The third kappa shape index (κ3) is 3.51. The molecule has 0 saturated heterocycles. The molecule has 0 unspecified atom stereocenters. The van der Waals surface area contributed by atoms with Crippen molar-refractivity contribution in [3.05, 3.63) is 44.6 Å². The molecule has 0 radical (unpaired) electrons. The molecular formula is C12H10Br2N4O. The number of nitrogens with zero attached hydrogens (tertiary/aromatic N) is 2. The molecule has 0 aliphatic carbocycles. The summed E-state index contributed by atoms with van der Waals surface area (Å²) in [6.07, 6.45) is 0. The van der Waals surface area contributed by atoms with E-state index in [0.717, 1.165) is 8.95 Å². The Balaban J connectivity index is 2.35. The van der Waals surface area contributed by atoms with Gasteiger partial charge in [0.25, 0.3) is 0 Å². The molecule has 0 fully saturated rings. The summed E-state index contributed by atoms with van der Waals surface area (Å²) in [6, 6.07) is 7.28. The van der Waals surface area contributed by atoms with Crippen molar-refractivity contribution in [1.82, 2.24) is 9.97 Å². The van der Waals surface area contributed by atoms with E-state index >= 15 is 0 Å². The number of ether oxygens (including phenoxy) is 1. The van der Waals surface area contributed by atoms with Gasteiger partial charge in [-0.05, 0) is 47.1 Å². The zero-order valence-corrected chi connectivity index (χ0v) is 13.1. The fourth-order valence-electron chi connectivity index (χ4n) is 1.38. The summed E-state index contributed by atoms with van der Waals surface area (Å²) in [5.74, 6) is 0.466. The van der Waals surface area contributed by atoms with Gasteiger partial charge < -0.3 is 10.5 Å². The molecule has 0 aliphatic heterocycles. The second-order valence-electron chi connectivity index (χ2n) is 3.77. The van der Waals surface area contributed by atoms with Gasteiger partial charge in [-0.15, -0.1) is 0 Å². The first-order chi connectivity index (χ1) is 8.95. The maximum atomic E-state index is 7.40. The number of halogens is 2. The summed E-state index contributed by atoms with van der Waals surface area (Å²) < 4.78 is 7.30. The van der Waals surface area contributed by atoms with Gasteiger partial charge in [-0.1, -0.05) is 15.9 Å². The minimum absolute atomic E-state index is 0.120. The minimum atomic E-state index is -0.120. The van der Waals surface area contributed by atoms with Crippen molar-refractivity contribution in [1.29, 1.82) is 5.41 Å². The quantitative estimate of drug-likeness (QED) is 0.626. The highest BCUT2D eigenvalue weighted by atomic mass is 79.9. The van der Waals surface area contributed by atoms with Crippen LogP contribution >= 0.6 is 31.9 Å². The van der Waals surface area contributed by atoms with Gasteiger partial charge in [0.1, 0.15) is 17.3 Å². The lowest BCUT2D eigenvalue weighted by Gasteiger charge is -2.08. The molecule has 19 heavy (non-hydrogen) atoms. The van der Waals surface area contributed by atoms with Crippen LogP contribution in [-0.4, -0.2) is 15.8 Å². The Kier molecular flexibility index (Phi) is 4.16. The molecule has 2 aromatic rings. The molecule has 3 N–H and O–H groups in total. The summed E-state index contributed by atoms with van der Waals surface area (Å²) in [4.78, 5) is 8.23. The predicted octanol–water partition coefficient (Wildman–Crippen LogP) is 3.39. The van der Waals surface area contributed by atoms with Crippen LogP contribution < -0.4 is 10.5 Å². The molecule has 1 aromatic carbocycles. The van der Waals surface area contributed by atoms with Crippen LogP contribution in [0.25, 0.3) is 0 Å². The fraction of sp³-hybridized carbons (Fsp3) is 0.0833. The van der Waals surface area contributed by atoms with E-state index in [9.17, 15) is 0 Å². The fourth-order valence-corrected chi connectivity index (χ4v) is 2.51. The van der Waals surface area contributed by atoms with Crippen LogP contribution in [0.3, 0.4) is 0 Å². The van der Waals surface area contributed by atoms with Crippen LogP contribution in [0, 0.1) is 12.3 Å². The van der Waals surface area contributed by atoms with Gasteiger partial charge in [0.15, 0.2) is 0 Å². The van der Waals surface area contributed by atoms with Gasteiger partial charge in [-0.25, -0.2) is 4.98 Å². The first kappa shape index (κ1) is 14.0. The van der Waals surface area contributed by atoms with Crippen molar-refractivity contribution in [3.63, 3.8) is 0 Å². The minimum Gasteiger partial charge on any atom is -0.423 e. The summed E-state index contributed by atoms with van der Waals surface area (Å²) in [5.41, 5.74) is 6.44. The van der Waals surface area contributed by atoms with Crippen molar-refractivity contribution in [2.45, 2.75) is 6.92 Å². The van der Waals surface area contributed by atoms with E-state index in [0.29, 0.717) is 17.1 Å². The number of hydrogen-bond acceptors (Lipinski definition) is 4. The van der Waals surface area contributed by atoms with Crippen molar-refractivity contribution >= 4 is 37.7 Å². The topological polar surface area (TPSA) is 84.9 Å². The Morgan fingerprint density at radius 3 is 2.63 bits per heavy atom. The maximum absolute atomic E-state index is 7.40. The maximum Gasteiger partial charge on any atom is 0.322 e. The lowest BCUT2D eigenvalue weighted by atomic mass is 10.3. The Morgan fingerprint density at radius 2 is 2.00 bits per heavy atom. The van der Waals surface area contributed by atoms with E-state index in [2.05, 4.69) is 41.8 Å². The molecule has 0 aliphatic rings. The number of nitrogen functional groups attached to an aromatic ring is 1. The third-order valence-electron chi connectivity index (χ3n) is 2.20. The molecule has 1 heterocycles. The molecule has 5 nitrogen and oxygen atoms in total. The van der Waals surface area contributed by atoms with E-state index in [1.807, 2.05) is 12.1 Å². The van der Waals surface area contributed by atoms with Crippen molar-refractivity contribution < 1.29 is 4.74 Å². The smallest absolute Gasteiger partial charge is 0.322 e. The first-order valence-electron chi connectivity index (χ1n) is 5.28. The average molecular weight is 386 g/mol. The number of aromatic nitrogens is 2. The van der Waals surface area contributed by atoms with E-state index in [4.69, 9.17) is 15.9 Å². The lowest BCUT2D eigenvalue weighted by Crippen LogP contribution is -2.14. The van der Waals surface area contributed by atoms with Gasteiger partial charge in [0.05, 0.1) is 4.47 Å². The number of rotatable bonds is 3. The third-order valence-corrected chi connectivity index (χ3v) is 3.32. The van der Waals surface area contributed by atoms with E-state index in [1.54, 1.807) is 19.1 Å². The van der Waals surface area contributed by atoms with Crippen LogP contribution in [-0.2, 0) is 0 Å². The van der Waals surface area contributed by atoms with Crippen LogP contribution in [0.2, 0.25) is 0 Å². The summed E-state index contributed by atoms with van der Waals surface area (Å²) in [6.45, 7) is 1.79. The molecular weight excluding hydrogens is 376 g/mol. The van der Waals surface area contributed by atoms with Crippen molar-refractivity contribution in [3.8, 4) is 11.8 Å². The highest BCUT2D eigenvalue weighted by molar-refractivity contribution is 9.11. The number of amidine groups is 1. The van der Waals surface area contributed by atoms with Crippen LogP contribution in [0.15, 0.2) is 33.2 Å². The molecule has 0 atom stereocenters. The molecule has 0 saturated carbocycles. The average Bonchev–Trinajstić information content (AvgIpc) is 2.32. The molecule has 0 spiro atoms. The zero-order chi connectivity index (χ0) is 14.0. The normalized spacial score (nSPS) is 10.3. The molecule has 0 amide bonds. The Labute approximate surface area is 127 Å². The number of nitrogens with one attached hydrogen (secondary N) is 1. The second kappa shape index (κ2) is 5.66. The molecule has 7 heteroatoms. The SMILES string of the molecule is Cc1cc(C(=N)N)nc(Oc2ccc(Br)cc2Br)n1. The van der Waals surface area contributed by atoms with E-state index < -0.39 is 0 Å². The Bertz CT molecular complexity index is 646. The Hall–Kier alpha value is -1.47.